The van der Waals surface area contributed by atoms with Gasteiger partial charge in [0.05, 0.1) is 29.8 Å². The molecule has 1 aromatic rings. The van der Waals surface area contributed by atoms with E-state index in [0.717, 1.165) is 31.4 Å². The Labute approximate surface area is 243 Å². The molecule has 2 rings (SSSR count). The molecule has 6 N–H and O–H groups in total. The van der Waals surface area contributed by atoms with Crippen LogP contribution in [0, 0.1) is 11.8 Å². The summed E-state index contributed by atoms with van der Waals surface area (Å²) in [5, 5.41) is 50.4. The van der Waals surface area contributed by atoms with E-state index >= 15 is 0 Å². The van der Waals surface area contributed by atoms with Crippen LogP contribution in [0.15, 0.2) is 48.6 Å². The summed E-state index contributed by atoms with van der Waals surface area (Å²) in [6.45, 7) is 0.509. The zero-order chi connectivity index (χ0) is 31.0. The molecule has 0 aromatic heterocycles. The molecule has 10 nitrogen and oxygen atoms in total. The number of unbranched alkanes of at least 4 members (excludes halogenated alkanes) is 4. The van der Waals surface area contributed by atoms with Crippen molar-refractivity contribution in [1.29, 1.82) is 0 Å². The van der Waals surface area contributed by atoms with Gasteiger partial charge in [0.1, 0.15) is 18.5 Å². The van der Waals surface area contributed by atoms with Crippen molar-refractivity contribution < 1.29 is 53.3 Å². The molecule has 0 bridgehead atoms. The minimum absolute atomic E-state index is 0.0205. The van der Waals surface area contributed by atoms with Crippen LogP contribution in [0.5, 0.6) is 5.75 Å². The molecule has 1 amide bonds. The Morgan fingerprint density at radius 3 is 2.60 bits per heavy atom. The second-order valence-electron chi connectivity index (χ2n) is 10.3. The fraction of sp³-hybridized carbons (Fsp3) is 0.621. The molecule has 0 saturated heterocycles. The summed E-state index contributed by atoms with van der Waals surface area (Å²) in [4.78, 5) is 16.4. The molecule has 238 valence electrons. The first-order valence-corrected chi connectivity index (χ1v) is 14.2. The number of nitrogens with one attached hydrogen (secondary N) is 1. The Morgan fingerprint density at radius 1 is 1.10 bits per heavy atom. The van der Waals surface area contributed by atoms with E-state index in [1.165, 1.54) is 18.2 Å². The quantitative estimate of drug-likeness (QED) is 0.0777. The molecule has 42 heavy (non-hydrogen) atoms. The van der Waals surface area contributed by atoms with Gasteiger partial charge < -0.3 is 25.4 Å². The van der Waals surface area contributed by atoms with Crippen molar-refractivity contribution in [2.24, 2.45) is 11.8 Å². The Balaban J connectivity index is 1.65. The average molecular weight is 605 g/mol. The van der Waals surface area contributed by atoms with Crippen molar-refractivity contribution in [3.05, 3.63) is 54.1 Å². The molecule has 1 aliphatic rings. The fourth-order valence-electron chi connectivity index (χ4n) is 4.76. The molecule has 0 aliphatic heterocycles. The van der Waals surface area contributed by atoms with E-state index in [-0.39, 0.29) is 42.6 Å². The van der Waals surface area contributed by atoms with Crippen molar-refractivity contribution in [2.75, 3.05) is 19.8 Å². The van der Waals surface area contributed by atoms with Gasteiger partial charge in [0, 0.05) is 25.3 Å². The normalized spacial score (nSPS) is 21.9. The molecule has 1 saturated carbocycles. The van der Waals surface area contributed by atoms with Gasteiger partial charge in [-0.2, -0.15) is 13.2 Å². The van der Waals surface area contributed by atoms with E-state index in [1.54, 1.807) is 6.08 Å². The third kappa shape index (κ3) is 14.1. The number of hydrogen-bond donors (Lipinski definition) is 6. The number of aliphatic hydroxyl groups excluding tert-OH is 3. The van der Waals surface area contributed by atoms with Crippen LogP contribution in [0.1, 0.15) is 63.4 Å². The Hall–Kier alpha value is -2.52. The Bertz CT molecular complexity index is 976. The van der Waals surface area contributed by atoms with E-state index < -0.39 is 36.0 Å². The predicted molar refractivity (Wildman–Crippen MR) is 146 cm³/mol. The van der Waals surface area contributed by atoms with Crippen LogP contribution in [0.3, 0.4) is 0 Å². The highest BCUT2D eigenvalue weighted by Crippen LogP contribution is 2.36. The predicted octanol–water partition coefficient (Wildman–Crippen LogP) is 4.16. The highest BCUT2D eigenvalue weighted by Gasteiger charge is 2.39. The van der Waals surface area contributed by atoms with Crippen LogP contribution in [0.25, 0.3) is 0 Å². The van der Waals surface area contributed by atoms with Gasteiger partial charge in [-0.1, -0.05) is 43.2 Å². The third-order valence-electron chi connectivity index (χ3n) is 7.00. The number of hydrogen-bond acceptors (Lipinski definition) is 9. The van der Waals surface area contributed by atoms with Crippen molar-refractivity contribution in [2.45, 2.75) is 82.3 Å². The minimum atomic E-state index is -4.50. The number of carbonyl (C=O) groups excluding carboxylic acids is 1. The van der Waals surface area contributed by atoms with Gasteiger partial charge in [-0.05, 0) is 56.2 Å². The molecule has 13 heteroatoms. The number of rotatable bonds is 19. The van der Waals surface area contributed by atoms with E-state index in [1.807, 2.05) is 12.2 Å². The van der Waals surface area contributed by atoms with Crippen LogP contribution in [0.4, 0.5) is 13.2 Å². The molecule has 5 atom stereocenters. The molecule has 1 aromatic carbocycles. The molecule has 1 fully saturated rings. The first-order valence-electron chi connectivity index (χ1n) is 14.2. The number of alkyl halides is 3. The number of halogens is 3. The first-order chi connectivity index (χ1) is 20.0. The number of carbonyl (C=O) groups is 1. The number of ether oxygens (including phenoxy) is 1. The zero-order valence-electron chi connectivity index (χ0n) is 23.5. The number of benzene rings is 1. The van der Waals surface area contributed by atoms with Gasteiger partial charge in [0.15, 0.2) is 0 Å². The van der Waals surface area contributed by atoms with Crippen LogP contribution in [-0.4, -0.2) is 75.1 Å². The summed E-state index contributed by atoms with van der Waals surface area (Å²) in [6, 6.07) is 4.38. The van der Waals surface area contributed by atoms with Crippen LogP contribution in [0.2, 0.25) is 0 Å². The summed E-state index contributed by atoms with van der Waals surface area (Å²) in [6.07, 6.45) is 5.39. The highest BCUT2D eigenvalue weighted by atomic mass is 19.4. The van der Waals surface area contributed by atoms with Crippen LogP contribution >= 0.6 is 0 Å². The Morgan fingerprint density at radius 2 is 1.86 bits per heavy atom. The molecule has 1 aliphatic carbocycles. The summed E-state index contributed by atoms with van der Waals surface area (Å²) in [5.41, 5.74) is -0.848. The van der Waals surface area contributed by atoms with E-state index in [9.17, 15) is 33.3 Å². The Kier molecular flexibility index (Phi) is 16.1. The summed E-state index contributed by atoms with van der Waals surface area (Å²) in [7, 11) is 0. The molecule has 0 spiro atoms. The lowest BCUT2D eigenvalue weighted by Gasteiger charge is -2.19. The smallest absolute Gasteiger partial charge is 0.416 e. The molecule has 0 radical (unpaired) electrons. The number of amides is 1. The lowest BCUT2D eigenvalue weighted by Crippen LogP contribution is -2.23. The third-order valence-corrected chi connectivity index (χ3v) is 7.00. The van der Waals surface area contributed by atoms with Crippen LogP contribution in [-0.2, 0) is 15.8 Å². The van der Waals surface area contributed by atoms with Gasteiger partial charge in [-0.3, -0.25) is 20.0 Å². The SMILES string of the molecule is O=C(CCC/C=C\C[C@@H]1[C@@H](/C=C/[C@@H](O)COc2cccc(C(F)(F)F)c2)[C@H](O)C[C@@H]1O)NCCCCCCON(O)O. The lowest BCUT2D eigenvalue weighted by molar-refractivity contribution is -0.492. The summed E-state index contributed by atoms with van der Waals surface area (Å²) < 4.78 is 43.9. The molecular weight excluding hydrogens is 561 g/mol. The standard InChI is InChI=1S/C29H43F3N2O8/c30-29(31,32)21-10-9-11-23(18-21)41-20-22(35)14-15-25-24(26(36)19-27(25)37)12-5-1-2-6-13-28(38)33-16-7-3-4-8-17-42-34(39)40/h1,5,9-11,14-15,18,22,24-27,35-37,39-40H,2-4,6-8,12-13,16-17,19-20H2,(H,33,38)/b5-1-,15-14+/t22-,24-,25-,26+,27-/m1/s1. The largest absolute Gasteiger partial charge is 0.491 e. The van der Waals surface area contributed by atoms with Gasteiger partial charge >= 0.3 is 6.18 Å². The van der Waals surface area contributed by atoms with Gasteiger partial charge in [0.2, 0.25) is 5.91 Å². The highest BCUT2D eigenvalue weighted by molar-refractivity contribution is 5.75. The first kappa shape index (κ1) is 35.7. The van der Waals surface area contributed by atoms with Gasteiger partial charge in [0.25, 0.3) is 0 Å². The molecule has 0 unspecified atom stereocenters. The number of aliphatic hydroxyl groups is 3. The van der Waals surface area contributed by atoms with E-state index in [2.05, 4.69) is 10.2 Å². The topological polar surface area (TPSA) is 152 Å². The lowest BCUT2D eigenvalue weighted by atomic mass is 9.89. The maximum absolute atomic E-state index is 12.9. The maximum atomic E-state index is 12.9. The van der Waals surface area contributed by atoms with E-state index in [0.29, 0.717) is 38.6 Å². The maximum Gasteiger partial charge on any atom is 0.416 e. The second-order valence-corrected chi connectivity index (χ2v) is 10.3. The van der Waals surface area contributed by atoms with Crippen molar-refractivity contribution in [3.8, 4) is 5.75 Å². The van der Waals surface area contributed by atoms with Crippen molar-refractivity contribution >= 4 is 5.91 Å². The average Bonchev–Trinajstić information content (AvgIpc) is 3.20. The number of nitrogens with zero attached hydrogens (tertiary/aromatic N) is 1. The fourth-order valence-corrected chi connectivity index (χ4v) is 4.76. The monoisotopic (exact) mass is 604 g/mol. The van der Waals surface area contributed by atoms with Crippen molar-refractivity contribution in [3.63, 3.8) is 0 Å². The van der Waals surface area contributed by atoms with Crippen LogP contribution < -0.4 is 10.1 Å². The summed E-state index contributed by atoms with van der Waals surface area (Å²) in [5.74, 6) is -0.735. The van der Waals surface area contributed by atoms with E-state index in [4.69, 9.17) is 15.2 Å². The molecular formula is C29H43F3N2O8. The number of allylic oxidation sites excluding steroid dienone is 2. The molecule has 0 heterocycles. The second kappa shape index (κ2) is 18.9. The van der Waals surface area contributed by atoms with Crippen molar-refractivity contribution in [1.82, 2.24) is 10.7 Å². The summed E-state index contributed by atoms with van der Waals surface area (Å²) >= 11 is 0. The van der Waals surface area contributed by atoms with Gasteiger partial charge in [-0.15, -0.1) is 0 Å². The zero-order valence-corrected chi connectivity index (χ0v) is 23.5. The minimum Gasteiger partial charge on any atom is -0.491 e. The van der Waals surface area contributed by atoms with Gasteiger partial charge in [-0.25, -0.2) is 0 Å².